The van der Waals surface area contributed by atoms with Crippen LogP contribution < -0.4 is 5.32 Å². The molecule has 7 heteroatoms. The summed E-state index contributed by atoms with van der Waals surface area (Å²) in [7, 11) is 0. The zero-order valence-electron chi connectivity index (χ0n) is 8.28. The van der Waals surface area contributed by atoms with Gasteiger partial charge in [-0.1, -0.05) is 0 Å². The molecule has 0 radical (unpaired) electrons. The summed E-state index contributed by atoms with van der Waals surface area (Å²) >= 11 is 4.40. The van der Waals surface area contributed by atoms with E-state index in [0.29, 0.717) is 15.3 Å². The highest BCUT2D eigenvalue weighted by Gasteiger charge is 2.10. The molecule has 0 aliphatic heterocycles. The molecule has 0 spiro atoms. The minimum atomic E-state index is -1.09. The van der Waals surface area contributed by atoms with Crippen molar-refractivity contribution >= 4 is 44.1 Å². The second kappa shape index (κ2) is 4.80. The van der Waals surface area contributed by atoms with E-state index in [-0.39, 0.29) is 11.5 Å². The van der Waals surface area contributed by atoms with E-state index in [1.54, 1.807) is 6.07 Å². The van der Waals surface area contributed by atoms with Gasteiger partial charge in [0.15, 0.2) is 10.8 Å². The summed E-state index contributed by atoms with van der Waals surface area (Å²) in [5.74, 6) is -1.47. The lowest BCUT2D eigenvalue weighted by Gasteiger charge is -2.04. The first-order valence-electron chi connectivity index (χ1n) is 4.47. The first kappa shape index (κ1) is 12.0. The molecule has 0 aliphatic rings. The van der Waals surface area contributed by atoms with Crippen LogP contribution >= 0.6 is 27.3 Å². The largest absolute Gasteiger partial charge is 0.476 e. The maximum Gasteiger partial charge on any atom is 0.355 e. The van der Waals surface area contributed by atoms with Crippen molar-refractivity contribution in [2.45, 2.75) is 0 Å². The SMILES string of the molecule is O=C(O)c1csc(Nc2cc(F)ccc2Br)n1. The zero-order valence-corrected chi connectivity index (χ0v) is 10.7. The van der Waals surface area contributed by atoms with Gasteiger partial charge in [-0.05, 0) is 34.1 Å². The molecule has 0 fully saturated rings. The summed E-state index contributed by atoms with van der Waals surface area (Å²) in [6, 6.07) is 4.18. The van der Waals surface area contributed by atoms with E-state index >= 15 is 0 Å². The number of aromatic nitrogens is 1. The van der Waals surface area contributed by atoms with E-state index in [9.17, 15) is 9.18 Å². The Morgan fingerprint density at radius 1 is 1.53 bits per heavy atom. The van der Waals surface area contributed by atoms with Gasteiger partial charge < -0.3 is 10.4 Å². The number of halogens is 2. The number of nitrogens with zero attached hydrogens (tertiary/aromatic N) is 1. The molecular weight excluding hydrogens is 311 g/mol. The molecule has 2 aromatic rings. The summed E-state index contributed by atoms with van der Waals surface area (Å²) in [6.45, 7) is 0. The standard InChI is InChI=1S/C10H6BrFN2O2S/c11-6-2-1-5(12)3-7(6)13-10-14-8(4-17-10)9(15)16/h1-4H,(H,13,14)(H,15,16). The lowest BCUT2D eigenvalue weighted by Crippen LogP contribution is -1.97. The Hall–Kier alpha value is -1.47. The number of thiazole rings is 1. The van der Waals surface area contributed by atoms with Crippen LogP contribution in [0.3, 0.4) is 0 Å². The molecule has 1 heterocycles. The fourth-order valence-electron chi connectivity index (χ4n) is 1.14. The van der Waals surface area contributed by atoms with Crippen molar-refractivity contribution in [1.82, 2.24) is 4.98 Å². The normalized spacial score (nSPS) is 10.2. The van der Waals surface area contributed by atoms with Gasteiger partial charge in [-0.15, -0.1) is 11.3 Å². The second-order valence-corrected chi connectivity index (χ2v) is 4.80. The maximum absolute atomic E-state index is 13.0. The quantitative estimate of drug-likeness (QED) is 0.910. The van der Waals surface area contributed by atoms with Crippen molar-refractivity contribution in [2.24, 2.45) is 0 Å². The third kappa shape index (κ3) is 2.80. The first-order valence-corrected chi connectivity index (χ1v) is 6.14. The average Bonchev–Trinajstić information content (AvgIpc) is 2.72. The number of carboxylic acid groups (broad SMARTS) is 1. The molecule has 0 bridgehead atoms. The Bertz CT molecular complexity index is 573. The molecule has 0 saturated carbocycles. The van der Waals surface area contributed by atoms with Crippen LogP contribution in [0, 0.1) is 5.82 Å². The molecule has 2 rings (SSSR count). The van der Waals surface area contributed by atoms with Gasteiger partial charge in [0.2, 0.25) is 0 Å². The Morgan fingerprint density at radius 3 is 2.94 bits per heavy atom. The Kier molecular flexibility index (Phi) is 3.39. The van der Waals surface area contributed by atoms with Gasteiger partial charge in [0.1, 0.15) is 5.82 Å². The van der Waals surface area contributed by atoms with Gasteiger partial charge in [-0.3, -0.25) is 0 Å². The summed E-state index contributed by atoms with van der Waals surface area (Å²) < 4.78 is 13.7. The molecule has 4 nitrogen and oxygen atoms in total. The van der Waals surface area contributed by atoms with Crippen LogP contribution in [0.5, 0.6) is 0 Å². The average molecular weight is 317 g/mol. The molecule has 0 aliphatic carbocycles. The highest BCUT2D eigenvalue weighted by molar-refractivity contribution is 9.10. The maximum atomic E-state index is 13.0. The van der Waals surface area contributed by atoms with Crippen LogP contribution in [0.2, 0.25) is 0 Å². The monoisotopic (exact) mass is 316 g/mol. The molecule has 88 valence electrons. The highest BCUT2D eigenvalue weighted by Crippen LogP contribution is 2.28. The number of benzene rings is 1. The topological polar surface area (TPSA) is 62.2 Å². The molecule has 2 N–H and O–H groups in total. The van der Waals surface area contributed by atoms with E-state index in [4.69, 9.17) is 5.11 Å². The predicted octanol–water partition coefficient (Wildman–Crippen LogP) is 3.49. The fourth-order valence-corrected chi connectivity index (χ4v) is 2.18. The van der Waals surface area contributed by atoms with E-state index in [0.717, 1.165) is 11.3 Å². The minimum Gasteiger partial charge on any atom is -0.476 e. The number of nitrogens with one attached hydrogen (secondary N) is 1. The molecule has 0 unspecified atom stereocenters. The fraction of sp³-hybridized carbons (Fsp3) is 0. The number of hydrogen-bond acceptors (Lipinski definition) is 4. The van der Waals surface area contributed by atoms with E-state index < -0.39 is 5.97 Å². The summed E-state index contributed by atoms with van der Waals surface area (Å²) in [6.07, 6.45) is 0. The number of rotatable bonds is 3. The summed E-state index contributed by atoms with van der Waals surface area (Å²) in [4.78, 5) is 14.5. The van der Waals surface area contributed by atoms with Gasteiger partial charge in [-0.25, -0.2) is 14.2 Å². The third-order valence-electron chi connectivity index (χ3n) is 1.89. The third-order valence-corrected chi connectivity index (χ3v) is 3.34. The molecular formula is C10H6BrFN2O2S. The molecule has 1 aromatic heterocycles. The number of carbonyl (C=O) groups is 1. The highest BCUT2D eigenvalue weighted by atomic mass is 79.9. The van der Waals surface area contributed by atoms with Crippen molar-refractivity contribution < 1.29 is 14.3 Å². The number of hydrogen-bond donors (Lipinski definition) is 2. The van der Waals surface area contributed by atoms with Crippen LogP contribution in [0.4, 0.5) is 15.2 Å². The van der Waals surface area contributed by atoms with Crippen LogP contribution in [-0.2, 0) is 0 Å². The van der Waals surface area contributed by atoms with E-state index in [1.165, 1.54) is 17.5 Å². The van der Waals surface area contributed by atoms with Gasteiger partial charge in [0, 0.05) is 9.85 Å². The van der Waals surface area contributed by atoms with Crippen molar-refractivity contribution in [3.63, 3.8) is 0 Å². The van der Waals surface area contributed by atoms with E-state index in [1.807, 2.05) is 0 Å². The van der Waals surface area contributed by atoms with Gasteiger partial charge in [0.05, 0.1) is 5.69 Å². The number of anilines is 2. The summed E-state index contributed by atoms with van der Waals surface area (Å²) in [5.41, 5.74) is 0.460. The molecule has 0 atom stereocenters. The lowest BCUT2D eigenvalue weighted by molar-refractivity contribution is 0.0691. The summed E-state index contributed by atoms with van der Waals surface area (Å²) in [5, 5.41) is 13.4. The van der Waals surface area contributed by atoms with Gasteiger partial charge in [-0.2, -0.15) is 0 Å². The lowest BCUT2D eigenvalue weighted by atomic mass is 10.3. The number of carboxylic acids is 1. The van der Waals surface area contributed by atoms with Crippen molar-refractivity contribution in [2.75, 3.05) is 5.32 Å². The van der Waals surface area contributed by atoms with Crippen molar-refractivity contribution in [3.05, 3.63) is 39.6 Å². The van der Waals surface area contributed by atoms with Crippen molar-refractivity contribution in [3.8, 4) is 0 Å². The van der Waals surface area contributed by atoms with Crippen LogP contribution in [0.1, 0.15) is 10.5 Å². The zero-order chi connectivity index (χ0) is 12.4. The van der Waals surface area contributed by atoms with E-state index in [2.05, 4.69) is 26.2 Å². The Balaban J connectivity index is 2.25. The second-order valence-electron chi connectivity index (χ2n) is 3.09. The Labute approximate surface area is 108 Å². The predicted molar refractivity (Wildman–Crippen MR) is 66.5 cm³/mol. The molecule has 0 saturated heterocycles. The van der Waals surface area contributed by atoms with Crippen LogP contribution in [0.25, 0.3) is 0 Å². The smallest absolute Gasteiger partial charge is 0.355 e. The molecule has 17 heavy (non-hydrogen) atoms. The Morgan fingerprint density at radius 2 is 2.29 bits per heavy atom. The minimum absolute atomic E-state index is 0.0370. The number of aromatic carboxylic acids is 1. The van der Waals surface area contributed by atoms with Crippen LogP contribution in [0.15, 0.2) is 28.1 Å². The van der Waals surface area contributed by atoms with Gasteiger partial charge in [0.25, 0.3) is 0 Å². The van der Waals surface area contributed by atoms with Gasteiger partial charge >= 0.3 is 5.97 Å². The van der Waals surface area contributed by atoms with Crippen molar-refractivity contribution in [1.29, 1.82) is 0 Å². The molecule has 0 amide bonds. The van der Waals surface area contributed by atoms with Crippen LogP contribution in [-0.4, -0.2) is 16.1 Å². The molecule has 1 aromatic carbocycles. The first-order chi connectivity index (χ1) is 8.06.